The van der Waals surface area contributed by atoms with Gasteiger partial charge in [-0.3, -0.25) is 4.79 Å². The summed E-state index contributed by atoms with van der Waals surface area (Å²) in [5.74, 6) is -6.15. The molecule has 154 valence electrons. The van der Waals surface area contributed by atoms with Crippen LogP contribution in [0.2, 0.25) is 0 Å². The summed E-state index contributed by atoms with van der Waals surface area (Å²) in [6.45, 7) is 2.14. The summed E-state index contributed by atoms with van der Waals surface area (Å²) in [6.07, 6.45) is 3.64. The number of nitrogens with one attached hydrogen (secondary N) is 1. The summed E-state index contributed by atoms with van der Waals surface area (Å²) in [5.41, 5.74) is 0.216. The molecule has 6 nitrogen and oxygen atoms in total. The minimum atomic E-state index is -3.80. The van der Waals surface area contributed by atoms with Gasteiger partial charge in [-0.05, 0) is 18.9 Å². The van der Waals surface area contributed by atoms with Crippen LogP contribution in [0.25, 0.3) is 0 Å². The van der Waals surface area contributed by atoms with Crippen molar-refractivity contribution in [3.8, 4) is 0 Å². The molecule has 3 aliphatic rings. The van der Waals surface area contributed by atoms with Crippen LogP contribution in [0, 0.1) is 5.95 Å². The molecule has 0 radical (unpaired) electrons. The highest BCUT2D eigenvalue weighted by Crippen LogP contribution is 2.39. The van der Waals surface area contributed by atoms with Crippen LogP contribution in [-0.4, -0.2) is 52.5 Å². The summed E-state index contributed by atoms with van der Waals surface area (Å²) >= 11 is 1.50. The van der Waals surface area contributed by atoms with E-state index in [1.54, 1.807) is 0 Å². The third kappa shape index (κ3) is 3.18. The number of nitrogens with zero attached hydrogens (tertiary/aromatic N) is 4. The van der Waals surface area contributed by atoms with Gasteiger partial charge < -0.3 is 15.1 Å². The van der Waals surface area contributed by atoms with Crippen molar-refractivity contribution in [1.29, 1.82) is 0 Å². The number of alkyl halides is 2. The molecule has 29 heavy (non-hydrogen) atoms. The third-order valence-corrected chi connectivity index (χ3v) is 7.06. The lowest BCUT2D eigenvalue weighted by molar-refractivity contribution is -0.160. The average molecular weight is 423 g/mol. The first-order chi connectivity index (χ1) is 13.9. The first kappa shape index (κ1) is 18.8. The standard InChI is InChI=1S/C19H20F3N5OS/c20-16-7-11(3-5-24-16)19(21,22)17(28)26-6-4-14-15(10-26)29-18(25-14)27-12-1-2-13(27)9-23-8-12/h3,5,7,12-13,23H,1-2,4,6,8-10H2. The largest absolute Gasteiger partial charge is 0.350 e. The lowest BCUT2D eigenvalue weighted by Crippen LogP contribution is -2.51. The molecule has 1 amide bonds. The van der Waals surface area contributed by atoms with E-state index in [-0.39, 0.29) is 13.1 Å². The van der Waals surface area contributed by atoms with Gasteiger partial charge in [-0.15, -0.1) is 0 Å². The second-order valence-electron chi connectivity index (χ2n) is 7.74. The van der Waals surface area contributed by atoms with Crippen molar-refractivity contribution in [3.63, 3.8) is 0 Å². The first-order valence-electron chi connectivity index (χ1n) is 9.70. The number of thiazole rings is 1. The quantitative estimate of drug-likeness (QED) is 0.768. The molecule has 10 heteroatoms. The van der Waals surface area contributed by atoms with E-state index in [2.05, 4.69) is 15.2 Å². The number of carbonyl (C=O) groups excluding carboxylic acids is 1. The summed E-state index contributed by atoms with van der Waals surface area (Å²) in [5, 5.41) is 4.37. The molecular formula is C19H20F3N5OS. The Hall–Kier alpha value is -2.20. The van der Waals surface area contributed by atoms with Gasteiger partial charge in [0.2, 0.25) is 5.95 Å². The van der Waals surface area contributed by atoms with Gasteiger partial charge in [0.25, 0.3) is 5.91 Å². The maximum Gasteiger partial charge on any atom is 0.350 e. The molecule has 2 atom stereocenters. The molecule has 2 unspecified atom stereocenters. The van der Waals surface area contributed by atoms with E-state index in [1.165, 1.54) is 11.3 Å². The molecule has 2 aromatic rings. The van der Waals surface area contributed by atoms with Crippen molar-refractivity contribution in [2.45, 2.75) is 43.8 Å². The normalized spacial score (nSPS) is 24.0. The first-order valence-corrected chi connectivity index (χ1v) is 10.5. The summed E-state index contributed by atoms with van der Waals surface area (Å²) in [4.78, 5) is 25.0. The number of hydrogen-bond acceptors (Lipinski definition) is 6. The average Bonchev–Trinajstić information content (AvgIpc) is 3.23. The zero-order chi connectivity index (χ0) is 20.2. The Kier molecular flexibility index (Phi) is 4.50. The molecule has 0 spiro atoms. The monoisotopic (exact) mass is 423 g/mol. The summed E-state index contributed by atoms with van der Waals surface area (Å²) < 4.78 is 42.6. The highest BCUT2D eigenvalue weighted by Gasteiger charge is 2.45. The van der Waals surface area contributed by atoms with Crippen LogP contribution in [0.3, 0.4) is 0 Å². The van der Waals surface area contributed by atoms with Crippen molar-refractivity contribution in [2.75, 3.05) is 24.5 Å². The molecule has 2 saturated heterocycles. The number of halogens is 3. The molecule has 2 aromatic heterocycles. The SMILES string of the molecule is O=C(N1CCc2nc(N3C4CCC3CNC4)sc2C1)C(F)(F)c1ccnc(F)c1. The number of pyridine rings is 1. The molecule has 2 fully saturated rings. The lowest BCUT2D eigenvalue weighted by atomic mass is 10.1. The number of hydrogen-bond donors (Lipinski definition) is 1. The van der Waals surface area contributed by atoms with Gasteiger partial charge in [0, 0.05) is 60.8 Å². The molecule has 1 N–H and O–H groups in total. The fraction of sp³-hybridized carbons (Fsp3) is 0.526. The molecule has 0 aliphatic carbocycles. The van der Waals surface area contributed by atoms with E-state index in [1.807, 2.05) is 0 Å². The van der Waals surface area contributed by atoms with Gasteiger partial charge in [-0.1, -0.05) is 11.3 Å². The molecule has 2 bridgehead atoms. The number of carbonyl (C=O) groups is 1. The van der Waals surface area contributed by atoms with Crippen molar-refractivity contribution < 1.29 is 18.0 Å². The molecule has 3 aliphatic heterocycles. The minimum Gasteiger partial charge on any atom is -0.340 e. The van der Waals surface area contributed by atoms with Crippen LogP contribution >= 0.6 is 11.3 Å². The number of anilines is 1. The predicted molar refractivity (Wildman–Crippen MR) is 101 cm³/mol. The van der Waals surface area contributed by atoms with Crippen LogP contribution < -0.4 is 10.2 Å². The second kappa shape index (κ2) is 6.94. The predicted octanol–water partition coefficient (Wildman–Crippen LogP) is 2.29. The van der Waals surface area contributed by atoms with Crippen LogP contribution in [-0.2, 0) is 23.7 Å². The Morgan fingerprint density at radius 1 is 1.28 bits per heavy atom. The Morgan fingerprint density at radius 2 is 2.03 bits per heavy atom. The van der Waals surface area contributed by atoms with Gasteiger partial charge in [0.1, 0.15) is 0 Å². The topological polar surface area (TPSA) is 61.4 Å². The lowest BCUT2D eigenvalue weighted by Gasteiger charge is -2.35. The molecule has 0 aromatic carbocycles. The van der Waals surface area contributed by atoms with Crippen LogP contribution in [0.1, 0.15) is 29.0 Å². The highest BCUT2D eigenvalue weighted by atomic mass is 32.1. The molecule has 5 rings (SSSR count). The van der Waals surface area contributed by atoms with Crippen molar-refractivity contribution in [3.05, 3.63) is 40.4 Å². The summed E-state index contributed by atoms with van der Waals surface area (Å²) in [7, 11) is 0. The fourth-order valence-electron chi connectivity index (χ4n) is 4.48. The Balaban J connectivity index is 1.36. The third-order valence-electron chi connectivity index (χ3n) is 5.97. The van der Waals surface area contributed by atoms with Gasteiger partial charge in [-0.25, -0.2) is 9.97 Å². The Labute approximate surface area is 169 Å². The Bertz CT molecular complexity index is 936. The van der Waals surface area contributed by atoms with Gasteiger partial charge in [0.15, 0.2) is 5.13 Å². The van der Waals surface area contributed by atoms with Crippen LogP contribution in [0.5, 0.6) is 0 Å². The van der Waals surface area contributed by atoms with Gasteiger partial charge in [0.05, 0.1) is 12.2 Å². The zero-order valence-corrected chi connectivity index (χ0v) is 16.4. The van der Waals surface area contributed by atoms with Crippen molar-refractivity contribution >= 4 is 22.4 Å². The molecule has 5 heterocycles. The van der Waals surface area contributed by atoms with Gasteiger partial charge >= 0.3 is 5.92 Å². The number of fused-ring (bicyclic) bond motifs is 3. The van der Waals surface area contributed by atoms with Crippen molar-refractivity contribution in [1.82, 2.24) is 20.2 Å². The van der Waals surface area contributed by atoms with Crippen molar-refractivity contribution in [2.24, 2.45) is 0 Å². The van der Waals surface area contributed by atoms with Gasteiger partial charge in [-0.2, -0.15) is 13.2 Å². The molecular weight excluding hydrogens is 403 g/mol. The maximum absolute atomic E-state index is 14.7. The van der Waals surface area contributed by atoms with E-state index in [0.29, 0.717) is 24.6 Å². The highest BCUT2D eigenvalue weighted by molar-refractivity contribution is 7.15. The number of piperazine rings is 1. The number of aromatic nitrogens is 2. The van der Waals surface area contributed by atoms with E-state index in [4.69, 9.17) is 4.98 Å². The maximum atomic E-state index is 14.7. The Morgan fingerprint density at radius 3 is 2.76 bits per heavy atom. The molecule has 0 saturated carbocycles. The zero-order valence-electron chi connectivity index (χ0n) is 15.6. The van der Waals surface area contributed by atoms with Crippen LogP contribution in [0.4, 0.5) is 18.3 Å². The van der Waals surface area contributed by atoms with Crippen LogP contribution in [0.15, 0.2) is 18.3 Å². The summed E-state index contributed by atoms with van der Waals surface area (Å²) in [6, 6.07) is 2.43. The fourth-order valence-corrected chi connectivity index (χ4v) is 5.74. The number of amides is 1. The van der Waals surface area contributed by atoms with E-state index in [9.17, 15) is 18.0 Å². The smallest absolute Gasteiger partial charge is 0.340 e. The second-order valence-corrected chi connectivity index (χ2v) is 8.80. The number of rotatable bonds is 3. The minimum absolute atomic E-state index is 0.108. The van der Waals surface area contributed by atoms with E-state index < -0.39 is 23.3 Å². The van der Waals surface area contributed by atoms with E-state index in [0.717, 1.165) is 58.8 Å². The van der Waals surface area contributed by atoms with E-state index >= 15 is 0 Å².